The number of hydrogen-bond donors (Lipinski definition) is 1. The van der Waals surface area contributed by atoms with Crippen molar-refractivity contribution < 1.29 is 4.74 Å². The summed E-state index contributed by atoms with van der Waals surface area (Å²) in [4.78, 5) is 4.35. The third kappa shape index (κ3) is 2.93. The second-order valence-corrected chi connectivity index (χ2v) is 5.42. The van der Waals surface area contributed by atoms with Crippen molar-refractivity contribution in [1.29, 1.82) is 0 Å². The van der Waals surface area contributed by atoms with Crippen LogP contribution in [-0.4, -0.2) is 12.1 Å². The minimum absolute atomic E-state index is 0.366. The average molecular weight is 268 g/mol. The first-order valence-corrected chi connectivity index (χ1v) is 7.09. The van der Waals surface area contributed by atoms with Crippen LogP contribution in [0.1, 0.15) is 30.1 Å². The monoisotopic (exact) mass is 268 g/mol. The van der Waals surface area contributed by atoms with Gasteiger partial charge in [0.15, 0.2) is 0 Å². The van der Waals surface area contributed by atoms with Crippen LogP contribution in [0, 0.1) is 12.8 Å². The van der Waals surface area contributed by atoms with Gasteiger partial charge >= 0.3 is 0 Å². The van der Waals surface area contributed by atoms with Crippen LogP contribution in [0.2, 0.25) is 0 Å². The van der Waals surface area contributed by atoms with Crippen molar-refractivity contribution in [1.82, 2.24) is 4.98 Å². The van der Waals surface area contributed by atoms with E-state index in [4.69, 9.17) is 4.74 Å². The van der Waals surface area contributed by atoms with Gasteiger partial charge in [-0.1, -0.05) is 12.1 Å². The van der Waals surface area contributed by atoms with Crippen LogP contribution < -0.4 is 10.1 Å². The number of aromatic nitrogens is 1. The van der Waals surface area contributed by atoms with Crippen LogP contribution in [0.25, 0.3) is 0 Å². The number of pyridine rings is 1. The molecule has 3 rings (SSSR count). The summed E-state index contributed by atoms with van der Waals surface area (Å²) >= 11 is 0. The Bertz CT molecular complexity index is 559. The number of benzene rings is 1. The van der Waals surface area contributed by atoms with Gasteiger partial charge in [-0.25, -0.2) is 0 Å². The van der Waals surface area contributed by atoms with Crippen molar-refractivity contribution >= 4 is 5.69 Å². The molecule has 20 heavy (non-hydrogen) atoms. The maximum absolute atomic E-state index is 5.23. The molecule has 104 valence electrons. The Morgan fingerprint density at radius 3 is 2.45 bits per heavy atom. The van der Waals surface area contributed by atoms with Crippen molar-refractivity contribution in [3.8, 4) is 5.75 Å². The van der Waals surface area contributed by atoms with Gasteiger partial charge in [-0.2, -0.15) is 0 Å². The number of rotatable bonds is 5. The quantitative estimate of drug-likeness (QED) is 0.891. The summed E-state index contributed by atoms with van der Waals surface area (Å²) in [5, 5.41) is 3.62. The first-order valence-electron chi connectivity index (χ1n) is 7.09. The molecular formula is C17H20N2O. The molecule has 0 saturated heterocycles. The molecule has 0 radical (unpaired) electrons. The first-order chi connectivity index (χ1) is 9.76. The summed E-state index contributed by atoms with van der Waals surface area (Å²) in [6.07, 6.45) is 4.50. The smallest absolute Gasteiger partial charge is 0.118 e. The number of anilines is 1. The van der Waals surface area contributed by atoms with E-state index in [1.54, 1.807) is 7.11 Å². The van der Waals surface area contributed by atoms with Crippen LogP contribution in [0.15, 0.2) is 42.6 Å². The SMILES string of the molecule is COc1ccc(C(Nc2ccc(C)nc2)C2CC2)cc1. The van der Waals surface area contributed by atoms with Gasteiger partial charge in [-0.3, -0.25) is 4.98 Å². The van der Waals surface area contributed by atoms with E-state index in [1.165, 1.54) is 18.4 Å². The topological polar surface area (TPSA) is 34.1 Å². The Morgan fingerprint density at radius 2 is 1.90 bits per heavy atom. The molecule has 1 aromatic carbocycles. The van der Waals surface area contributed by atoms with Gasteiger partial charge in [0.1, 0.15) is 5.75 Å². The predicted molar refractivity (Wildman–Crippen MR) is 81.1 cm³/mol. The molecular weight excluding hydrogens is 248 g/mol. The van der Waals surface area contributed by atoms with E-state index >= 15 is 0 Å². The van der Waals surface area contributed by atoms with E-state index in [-0.39, 0.29) is 0 Å². The molecule has 1 saturated carbocycles. The Hall–Kier alpha value is -2.03. The highest BCUT2D eigenvalue weighted by atomic mass is 16.5. The summed E-state index contributed by atoms with van der Waals surface area (Å²) in [6, 6.07) is 12.9. The predicted octanol–water partition coefficient (Wildman–Crippen LogP) is 3.96. The van der Waals surface area contributed by atoms with E-state index in [9.17, 15) is 0 Å². The maximum atomic E-state index is 5.23. The second kappa shape index (κ2) is 5.53. The van der Waals surface area contributed by atoms with E-state index in [0.29, 0.717) is 6.04 Å². The maximum Gasteiger partial charge on any atom is 0.118 e. The lowest BCUT2D eigenvalue weighted by molar-refractivity contribution is 0.414. The van der Waals surface area contributed by atoms with Crippen LogP contribution in [-0.2, 0) is 0 Å². The average Bonchev–Trinajstić information content (AvgIpc) is 3.31. The molecule has 0 aliphatic heterocycles. The van der Waals surface area contributed by atoms with Crippen LogP contribution >= 0.6 is 0 Å². The molecule has 1 N–H and O–H groups in total. The minimum Gasteiger partial charge on any atom is -0.497 e. The molecule has 0 amide bonds. The lowest BCUT2D eigenvalue weighted by atomic mass is 10.0. The Kier molecular flexibility index (Phi) is 3.59. The van der Waals surface area contributed by atoms with Gasteiger partial charge in [-0.05, 0) is 55.5 Å². The molecule has 1 aliphatic rings. The number of methoxy groups -OCH3 is 1. The van der Waals surface area contributed by atoms with Gasteiger partial charge in [-0.15, -0.1) is 0 Å². The Labute approximate surface area is 120 Å². The van der Waals surface area contributed by atoms with E-state index < -0.39 is 0 Å². The summed E-state index contributed by atoms with van der Waals surface area (Å²) in [6.45, 7) is 2.01. The molecule has 2 aromatic rings. The fourth-order valence-electron chi connectivity index (χ4n) is 2.45. The van der Waals surface area contributed by atoms with Crippen LogP contribution in [0.5, 0.6) is 5.75 Å². The largest absolute Gasteiger partial charge is 0.497 e. The third-order valence-corrected chi connectivity index (χ3v) is 3.80. The zero-order chi connectivity index (χ0) is 13.9. The summed E-state index contributed by atoms with van der Waals surface area (Å²) in [5.74, 6) is 1.63. The van der Waals surface area contributed by atoms with Gasteiger partial charge < -0.3 is 10.1 Å². The summed E-state index contributed by atoms with van der Waals surface area (Å²) in [7, 11) is 1.70. The van der Waals surface area contributed by atoms with Crippen molar-refractivity contribution in [2.45, 2.75) is 25.8 Å². The summed E-state index contributed by atoms with van der Waals surface area (Å²) in [5.41, 5.74) is 3.44. The normalized spacial score (nSPS) is 15.7. The van der Waals surface area contributed by atoms with Gasteiger partial charge in [0.05, 0.1) is 25.0 Å². The van der Waals surface area contributed by atoms with Gasteiger partial charge in [0, 0.05) is 5.69 Å². The van der Waals surface area contributed by atoms with Gasteiger partial charge in [0.2, 0.25) is 0 Å². The van der Waals surface area contributed by atoms with Crippen LogP contribution in [0.3, 0.4) is 0 Å². The Morgan fingerprint density at radius 1 is 1.15 bits per heavy atom. The minimum atomic E-state index is 0.366. The summed E-state index contributed by atoms with van der Waals surface area (Å²) < 4.78 is 5.23. The first kappa shape index (κ1) is 13.0. The number of ether oxygens (including phenoxy) is 1. The van der Waals surface area contributed by atoms with Crippen molar-refractivity contribution in [2.75, 3.05) is 12.4 Å². The van der Waals surface area contributed by atoms with Gasteiger partial charge in [0.25, 0.3) is 0 Å². The van der Waals surface area contributed by atoms with E-state index in [1.807, 2.05) is 31.3 Å². The zero-order valence-corrected chi connectivity index (χ0v) is 12.0. The molecule has 1 fully saturated rings. The van der Waals surface area contributed by atoms with Crippen molar-refractivity contribution in [3.63, 3.8) is 0 Å². The molecule has 1 unspecified atom stereocenters. The standard InChI is InChI=1S/C17H20N2O/c1-12-3-8-15(11-18-12)19-17(13-4-5-13)14-6-9-16(20-2)10-7-14/h3,6-11,13,17,19H,4-5H2,1-2H3. The van der Waals surface area contributed by atoms with Crippen LogP contribution in [0.4, 0.5) is 5.69 Å². The molecule has 0 spiro atoms. The van der Waals surface area contributed by atoms with E-state index in [0.717, 1.165) is 23.0 Å². The molecule has 0 bridgehead atoms. The molecule has 1 aromatic heterocycles. The second-order valence-electron chi connectivity index (χ2n) is 5.42. The van der Waals surface area contributed by atoms with E-state index in [2.05, 4.69) is 28.5 Å². The number of nitrogens with one attached hydrogen (secondary N) is 1. The lowest BCUT2D eigenvalue weighted by Crippen LogP contribution is -2.13. The van der Waals surface area contributed by atoms with Crippen molar-refractivity contribution in [3.05, 3.63) is 53.9 Å². The number of aryl methyl sites for hydroxylation is 1. The third-order valence-electron chi connectivity index (χ3n) is 3.80. The number of nitrogens with zero attached hydrogens (tertiary/aromatic N) is 1. The molecule has 1 atom stereocenters. The fraction of sp³-hybridized carbons (Fsp3) is 0.353. The zero-order valence-electron chi connectivity index (χ0n) is 12.0. The fourth-order valence-corrected chi connectivity index (χ4v) is 2.45. The molecule has 3 heteroatoms. The molecule has 3 nitrogen and oxygen atoms in total. The highest BCUT2D eigenvalue weighted by Gasteiger charge is 2.32. The highest BCUT2D eigenvalue weighted by Crippen LogP contribution is 2.43. The highest BCUT2D eigenvalue weighted by molar-refractivity contribution is 5.45. The number of hydrogen-bond acceptors (Lipinski definition) is 3. The lowest BCUT2D eigenvalue weighted by Gasteiger charge is -2.20. The van der Waals surface area contributed by atoms with Crippen molar-refractivity contribution in [2.24, 2.45) is 5.92 Å². The molecule has 1 heterocycles. The molecule has 1 aliphatic carbocycles. The Balaban J connectivity index is 1.79.